The first kappa shape index (κ1) is 17.6. The Bertz CT molecular complexity index is 658. The molecule has 6 heteroatoms. The molecule has 0 spiro atoms. The molecule has 2 atom stereocenters. The molecular formula is C19H27N5O. The van der Waals surface area contributed by atoms with E-state index in [1.165, 1.54) is 11.9 Å². The number of nitrogens with zero attached hydrogens (tertiary/aromatic N) is 5. The van der Waals surface area contributed by atoms with E-state index in [2.05, 4.69) is 59.2 Å². The van der Waals surface area contributed by atoms with E-state index >= 15 is 0 Å². The van der Waals surface area contributed by atoms with Crippen molar-refractivity contribution < 1.29 is 4.79 Å². The lowest BCUT2D eigenvalue weighted by Gasteiger charge is -2.30. The minimum atomic E-state index is 0.206. The summed E-state index contributed by atoms with van der Waals surface area (Å²) in [6.45, 7) is 7.64. The van der Waals surface area contributed by atoms with E-state index in [9.17, 15) is 4.79 Å². The van der Waals surface area contributed by atoms with Gasteiger partial charge < -0.3 is 4.90 Å². The monoisotopic (exact) mass is 341 g/mol. The highest BCUT2D eigenvalue weighted by Gasteiger charge is 2.32. The van der Waals surface area contributed by atoms with Crippen molar-refractivity contribution >= 4 is 5.91 Å². The molecule has 25 heavy (non-hydrogen) atoms. The van der Waals surface area contributed by atoms with Crippen LogP contribution in [0.25, 0.3) is 0 Å². The van der Waals surface area contributed by atoms with Gasteiger partial charge in [-0.1, -0.05) is 30.3 Å². The van der Waals surface area contributed by atoms with Crippen LogP contribution >= 0.6 is 0 Å². The summed E-state index contributed by atoms with van der Waals surface area (Å²) in [5.41, 5.74) is 1.34. The number of carbonyl (C=O) groups excluding carboxylic acids is 1. The van der Waals surface area contributed by atoms with E-state index in [-0.39, 0.29) is 5.91 Å². The lowest BCUT2D eigenvalue weighted by Crippen LogP contribution is -2.42. The van der Waals surface area contributed by atoms with Gasteiger partial charge in [0.15, 0.2) is 0 Å². The zero-order valence-electron chi connectivity index (χ0n) is 15.1. The van der Waals surface area contributed by atoms with Crippen LogP contribution in [0.3, 0.4) is 0 Å². The Balaban J connectivity index is 1.56. The molecule has 3 rings (SSSR count). The number of aryl methyl sites for hydroxylation is 1. The maximum Gasteiger partial charge on any atom is 0.224 e. The molecule has 0 radical (unpaired) electrons. The summed E-state index contributed by atoms with van der Waals surface area (Å²) < 4.78 is 1.71. The summed E-state index contributed by atoms with van der Waals surface area (Å²) in [4.78, 5) is 21.1. The van der Waals surface area contributed by atoms with Crippen LogP contribution in [0.4, 0.5) is 0 Å². The average molecular weight is 341 g/mol. The third kappa shape index (κ3) is 4.25. The molecule has 1 aromatic carbocycles. The highest BCUT2D eigenvalue weighted by atomic mass is 16.2. The number of aromatic nitrogens is 3. The van der Waals surface area contributed by atoms with Crippen LogP contribution in [0.5, 0.6) is 0 Å². The molecule has 1 aliphatic heterocycles. The predicted octanol–water partition coefficient (Wildman–Crippen LogP) is 2.35. The molecule has 0 unspecified atom stereocenters. The predicted molar refractivity (Wildman–Crippen MR) is 96.9 cm³/mol. The summed E-state index contributed by atoms with van der Waals surface area (Å²) in [5, 5.41) is 4.07. The lowest BCUT2D eigenvalue weighted by atomic mass is 10.1. The van der Waals surface area contributed by atoms with Crippen molar-refractivity contribution in [3.63, 3.8) is 0 Å². The second-order valence-corrected chi connectivity index (χ2v) is 6.61. The highest BCUT2D eigenvalue weighted by Crippen LogP contribution is 2.26. The van der Waals surface area contributed by atoms with Gasteiger partial charge in [0.1, 0.15) is 12.7 Å². The van der Waals surface area contributed by atoms with Crippen LogP contribution in [0.1, 0.15) is 38.3 Å². The number of likely N-dealkylation sites (tertiary alicyclic amines) is 1. The van der Waals surface area contributed by atoms with Crippen molar-refractivity contribution in [1.29, 1.82) is 0 Å². The first-order valence-corrected chi connectivity index (χ1v) is 9.10. The van der Waals surface area contributed by atoms with Crippen molar-refractivity contribution in [2.75, 3.05) is 19.6 Å². The Kier molecular flexibility index (Phi) is 5.81. The van der Waals surface area contributed by atoms with E-state index < -0.39 is 0 Å². The van der Waals surface area contributed by atoms with Crippen molar-refractivity contribution in [3.05, 3.63) is 48.5 Å². The fraction of sp³-hybridized carbons (Fsp3) is 0.526. The zero-order chi connectivity index (χ0) is 17.6. The smallest absolute Gasteiger partial charge is 0.224 e. The number of hydrogen-bond donors (Lipinski definition) is 0. The number of amides is 1. The number of likely N-dealkylation sites (N-methyl/N-ethyl adjacent to an activating group) is 1. The van der Waals surface area contributed by atoms with Crippen molar-refractivity contribution in [1.82, 2.24) is 24.6 Å². The molecular weight excluding hydrogens is 314 g/mol. The molecule has 6 nitrogen and oxygen atoms in total. The first-order chi connectivity index (χ1) is 12.2. The van der Waals surface area contributed by atoms with Gasteiger partial charge in [-0.15, -0.1) is 0 Å². The normalized spacial score (nSPS) is 19.0. The molecule has 1 aliphatic rings. The lowest BCUT2D eigenvalue weighted by molar-refractivity contribution is -0.133. The SMILES string of the molecule is CCN(C(=O)CCn1cncn1)[C@H]1CCN([C@H](C)c2ccccc2)C1. The Morgan fingerprint density at radius 2 is 2.16 bits per heavy atom. The molecule has 1 fully saturated rings. The Morgan fingerprint density at radius 1 is 1.36 bits per heavy atom. The topological polar surface area (TPSA) is 54.3 Å². The molecule has 0 aliphatic carbocycles. The maximum atomic E-state index is 12.6. The maximum absolute atomic E-state index is 12.6. The number of rotatable bonds is 7. The quantitative estimate of drug-likeness (QED) is 0.776. The van der Waals surface area contributed by atoms with E-state index in [1.807, 2.05) is 4.90 Å². The third-order valence-corrected chi connectivity index (χ3v) is 5.15. The summed E-state index contributed by atoms with van der Waals surface area (Å²) >= 11 is 0. The molecule has 0 N–H and O–H groups in total. The van der Waals surface area contributed by atoms with Crippen LogP contribution < -0.4 is 0 Å². The van der Waals surface area contributed by atoms with Crippen molar-refractivity contribution in [2.24, 2.45) is 0 Å². The number of benzene rings is 1. The van der Waals surface area contributed by atoms with Gasteiger partial charge in [0.25, 0.3) is 0 Å². The van der Waals surface area contributed by atoms with Gasteiger partial charge in [-0.05, 0) is 25.8 Å². The van der Waals surface area contributed by atoms with Gasteiger partial charge >= 0.3 is 0 Å². The Morgan fingerprint density at radius 3 is 2.84 bits per heavy atom. The Labute approximate surface area is 149 Å². The fourth-order valence-corrected chi connectivity index (χ4v) is 3.66. The van der Waals surface area contributed by atoms with Gasteiger partial charge in [-0.25, -0.2) is 4.98 Å². The van der Waals surface area contributed by atoms with Crippen molar-refractivity contribution in [2.45, 2.75) is 45.3 Å². The molecule has 134 valence electrons. The summed E-state index contributed by atoms with van der Waals surface area (Å²) in [6.07, 6.45) is 4.67. The van der Waals surface area contributed by atoms with Gasteiger partial charge in [0.05, 0.1) is 6.54 Å². The van der Waals surface area contributed by atoms with Crippen molar-refractivity contribution in [3.8, 4) is 0 Å². The van der Waals surface area contributed by atoms with E-state index in [1.54, 1.807) is 11.0 Å². The second kappa shape index (κ2) is 8.25. The van der Waals surface area contributed by atoms with Crippen LogP contribution in [0, 0.1) is 0 Å². The van der Waals surface area contributed by atoms with Gasteiger partial charge in [-0.2, -0.15) is 5.10 Å². The standard InChI is InChI=1S/C19H27N5O/c1-3-24(19(25)10-12-23-15-20-14-21-23)18-9-11-22(13-18)16(2)17-7-5-4-6-8-17/h4-8,14-16,18H,3,9-13H2,1-2H3/t16-,18+/m1/s1. The average Bonchev–Trinajstić information content (AvgIpc) is 3.33. The fourth-order valence-electron chi connectivity index (χ4n) is 3.66. The summed E-state index contributed by atoms with van der Waals surface area (Å²) in [6, 6.07) is 11.3. The van der Waals surface area contributed by atoms with E-state index in [0.717, 1.165) is 26.1 Å². The van der Waals surface area contributed by atoms with Gasteiger partial charge in [-0.3, -0.25) is 14.4 Å². The molecule has 2 heterocycles. The van der Waals surface area contributed by atoms with E-state index in [0.29, 0.717) is 25.0 Å². The van der Waals surface area contributed by atoms with Crippen LogP contribution in [-0.4, -0.2) is 56.1 Å². The van der Waals surface area contributed by atoms with Gasteiger partial charge in [0, 0.05) is 38.1 Å². The first-order valence-electron chi connectivity index (χ1n) is 9.10. The summed E-state index contributed by atoms with van der Waals surface area (Å²) in [7, 11) is 0. The van der Waals surface area contributed by atoms with E-state index in [4.69, 9.17) is 0 Å². The largest absolute Gasteiger partial charge is 0.339 e. The van der Waals surface area contributed by atoms with Crippen LogP contribution in [0.2, 0.25) is 0 Å². The molecule has 0 bridgehead atoms. The third-order valence-electron chi connectivity index (χ3n) is 5.15. The minimum absolute atomic E-state index is 0.206. The minimum Gasteiger partial charge on any atom is -0.339 e. The second-order valence-electron chi connectivity index (χ2n) is 6.61. The zero-order valence-corrected chi connectivity index (χ0v) is 15.1. The number of carbonyl (C=O) groups is 1. The highest BCUT2D eigenvalue weighted by molar-refractivity contribution is 5.76. The number of hydrogen-bond acceptors (Lipinski definition) is 4. The summed E-state index contributed by atoms with van der Waals surface area (Å²) in [5.74, 6) is 0.206. The van der Waals surface area contributed by atoms with Gasteiger partial charge in [0.2, 0.25) is 5.91 Å². The molecule has 1 saturated heterocycles. The molecule has 2 aromatic rings. The molecule has 0 saturated carbocycles. The Hall–Kier alpha value is -2.21. The molecule has 1 amide bonds. The molecule has 1 aromatic heterocycles. The van der Waals surface area contributed by atoms with Crippen LogP contribution in [-0.2, 0) is 11.3 Å². The van der Waals surface area contributed by atoms with Crippen LogP contribution in [0.15, 0.2) is 43.0 Å².